The Morgan fingerprint density at radius 2 is 1.54 bits per heavy atom. The molecule has 26 heavy (non-hydrogen) atoms. The van der Waals surface area contributed by atoms with E-state index in [9.17, 15) is 14.4 Å². The van der Waals surface area contributed by atoms with Crippen LogP contribution in [0, 0.1) is 0 Å². The van der Waals surface area contributed by atoms with Crippen LogP contribution in [0.3, 0.4) is 0 Å². The van der Waals surface area contributed by atoms with Gasteiger partial charge in [-0.1, -0.05) is 30.3 Å². The average molecular weight is 364 g/mol. The fourth-order valence-corrected chi connectivity index (χ4v) is 2.19. The van der Waals surface area contributed by atoms with Crippen molar-refractivity contribution < 1.29 is 23.9 Å². The van der Waals surface area contributed by atoms with Gasteiger partial charge in [-0.3, -0.25) is 9.59 Å². The zero-order valence-corrected chi connectivity index (χ0v) is 15.3. The molecule has 2 N–H and O–H groups in total. The van der Waals surface area contributed by atoms with Crippen LogP contribution in [0.2, 0.25) is 0 Å². The standard InChI is InChI=1S/C19H28N2O5/c1-25-18(23)12-6-5-11-17(22)20-13-7-8-14-21-19(24)26-15-16-9-3-2-4-10-16/h2-4,9-10H,5-8,11-15H2,1H3,(H,20,22)(H,21,24). The molecule has 0 saturated heterocycles. The summed E-state index contributed by atoms with van der Waals surface area (Å²) < 4.78 is 9.64. The van der Waals surface area contributed by atoms with Crippen LogP contribution in [0.4, 0.5) is 4.79 Å². The third-order valence-corrected chi connectivity index (χ3v) is 3.67. The number of methoxy groups -OCH3 is 1. The van der Waals surface area contributed by atoms with E-state index in [-0.39, 0.29) is 18.5 Å². The second-order valence-electron chi connectivity index (χ2n) is 5.83. The maximum Gasteiger partial charge on any atom is 0.407 e. The number of unbranched alkanes of at least 4 members (excludes halogenated alkanes) is 2. The summed E-state index contributed by atoms with van der Waals surface area (Å²) in [6.07, 6.45) is 3.14. The topological polar surface area (TPSA) is 93.7 Å². The molecule has 0 bridgehead atoms. The maximum absolute atomic E-state index is 11.6. The van der Waals surface area contributed by atoms with Gasteiger partial charge in [-0.15, -0.1) is 0 Å². The van der Waals surface area contributed by atoms with Gasteiger partial charge in [0.15, 0.2) is 0 Å². The SMILES string of the molecule is COC(=O)CCCCC(=O)NCCCCNC(=O)OCc1ccccc1. The van der Waals surface area contributed by atoms with E-state index in [1.165, 1.54) is 7.11 Å². The molecule has 1 aromatic rings. The van der Waals surface area contributed by atoms with Gasteiger partial charge < -0.3 is 20.1 Å². The summed E-state index contributed by atoms with van der Waals surface area (Å²) in [5.41, 5.74) is 0.942. The molecule has 0 aliphatic rings. The molecule has 144 valence electrons. The monoisotopic (exact) mass is 364 g/mol. The number of rotatable bonds is 12. The van der Waals surface area contributed by atoms with E-state index in [0.717, 1.165) is 18.4 Å². The Bertz CT molecular complexity index is 548. The van der Waals surface area contributed by atoms with Gasteiger partial charge in [-0.2, -0.15) is 0 Å². The first kappa shape index (κ1) is 21.5. The molecular formula is C19H28N2O5. The Kier molecular flexibility index (Phi) is 11.3. The van der Waals surface area contributed by atoms with Gasteiger partial charge in [-0.25, -0.2) is 4.79 Å². The lowest BCUT2D eigenvalue weighted by molar-refractivity contribution is -0.140. The average Bonchev–Trinajstić information content (AvgIpc) is 2.66. The van der Waals surface area contributed by atoms with Crippen molar-refractivity contribution in [3.63, 3.8) is 0 Å². The van der Waals surface area contributed by atoms with E-state index >= 15 is 0 Å². The third kappa shape index (κ3) is 11.1. The fraction of sp³-hybridized carbons (Fsp3) is 0.526. The zero-order valence-electron chi connectivity index (χ0n) is 15.3. The molecule has 0 unspecified atom stereocenters. The lowest BCUT2D eigenvalue weighted by Gasteiger charge is -2.08. The number of carbonyl (C=O) groups excluding carboxylic acids is 3. The highest BCUT2D eigenvalue weighted by Crippen LogP contribution is 2.01. The van der Waals surface area contributed by atoms with Gasteiger partial charge in [0, 0.05) is 25.9 Å². The molecule has 0 aliphatic carbocycles. The van der Waals surface area contributed by atoms with E-state index in [4.69, 9.17) is 4.74 Å². The Morgan fingerprint density at radius 1 is 0.885 bits per heavy atom. The van der Waals surface area contributed by atoms with E-state index in [1.807, 2.05) is 30.3 Å². The smallest absolute Gasteiger partial charge is 0.407 e. The molecule has 0 radical (unpaired) electrons. The van der Waals surface area contributed by atoms with Gasteiger partial charge in [0.2, 0.25) is 5.91 Å². The minimum absolute atomic E-state index is 0.0231. The summed E-state index contributed by atoms with van der Waals surface area (Å²) >= 11 is 0. The van der Waals surface area contributed by atoms with Crippen LogP contribution in [0.5, 0.6) is 0 Å². The lowest BCUT2D eigenvalue weighted by atomic mass is 10.2. The largest absolute Gasteiger partial charge is 0.469 e. The summed E-state index contributed by atoms with van der Waals surface area (Å²) in [5, 5.41) is 5.50. The minimum atomic E-state index is -0.441. The number of nitrogens with one attached hydrogen (secondary N) is 2. The van der Waals surface area contributed by atoms with E-state index in [2.05, 4.69) is 15.4 Å². The van der Waals surface area contributed by atoms with Gasteiger partial charge in [0.25, 0.3) is 0 Å². The van der Waals surface area contributed by atoms with E-state index in [1.54, 1.807) is 0 Å². The van der Waals surface area contributed by atoms with Gasteiger partial charge >= 0.3 is 12.1 Å². The summed E-state index contributed by atoms with van der Waals surface area (Å²) in [4.78, 5) is 34.1. The third-order valence-electron chi connectivity index (χ3n) is 3.67. The van der Waals surface area contributed by atoms with Crippen LogP contribution < -0.4 is 10.6 Å². The van der Waals surface area contributed by atoms with Crippen molar-refractivity contribution in [2.75, 3.05) is 20.2 Å². The predicted molar refractivity (Wildman–Crippen MR) is 97.4 cm³/mol. The highest BCUT2D eigenvalue weighted by molar-refractivity contribution is 5.75. The first-order valence-corrected chi connectivity index (χ1v) is 8.90. The van der Waals surface area contributed by atoms with Crippen LogP contribution in [0.15, 0.2) is 30.3 Å². The highest BCUT2D eigenvalue weighted by atomic mass is 16.5. The summed E-state index contributed by atoms with van der Waals surface area (Å²) in [6, 6.07) is 9.48. The lowest BCUT2D eigenvalue weighted by Crippen LogP contribution is -2.27. The molecule has 0 aliphatic heterocycles. The molecule has 7 heteroatoms. The molecule has 1 aromatic carbocycles. The fourth-order valence-electron chi connectivity index (χ4n) is 2.19. The number of alkyl carbamates (subject to hydrolysis) is 1. The number of benzene rings is 1. The Balaban J connectivity index is 1.92. The molecule has 0 atom stereocenters. The van der Waals surface area contributed by atoms with E-state index in [0.29, 0.717) is 38.8 Å². The molecular weight excluding hydrogens is 336 g/mol. The van der Waals surface area contributed by atoms with Crippen LogP contribution in [-0.4, -0.2) is 38.2 Å². The van der Waals surface area contributed by atoms with E-state index < -0.39 is 6.09 Å². The summed E-state index contributed by atoms with van der Waals surface area (Å²) in [6.45, 7) is 1.32. The van der Waals surface area contributed by atoms with Crippen molar-refractivity contribution in [2.45, 2.75) is 45.1 Å². The number of carbonyl (C=O) groups is 3. The highest BCUT2D eigenvalue weighted by Gasteiger charge is 2.04. The van der Waals surface area contributed by atoms with Crippen molar-refractivity contribution in [3.8, 4) is 0 Å². The Hall–Kier alpha value is -2.57. The van der Waals surface area contributed by atoms with Crippen LogP contribution in [-0.2, 0) is 25.7 Å². The van der Waals surface area contributed by atoms with Crippen molar-refractivity contribution >= 4 is 18.0 Å². The van der Waals surface area contributed by atoms with Crippen molar-refractivity contribution in [1.29, 1.82) is 0 Å². The first-order valence-electron chi connectivity index (χ1n) is 8.90. The minimum Gasteiger partial charge on any atom is -0.469 e. The molecule has 7 nitrogen and oxygen atoms in total. The van der Waals surface area contributed by atoms with Crippen LogP contribution >= 0.6 is 0 Å². The van der Waals surface area contributed by atoms with Crippen LogP contribution in [0.1, 0.15) is 44.1 Å². The Morgan fingerprint density at radius 3 is 2.23 bits per heavy atom. The molecule has 0 saturated carbocycles. The molecule has 0 spiro atoms. The van der Waals surface area contributed by atoms with Gasteiger partial charge in [0.1, 0.15) is 6.61 Å². The molecule has 1 rings (SSSR count). The van der Waals surface area contributed by atoms with Crippen LogP contribution in [0.25, 0.3) is 0 Å². The maximum atomic E-state index is 11.6. The number of hydrogen-bond acceptors (Lipinski definition) is 5. The second-order valence-corrected chi connectivity index (χ2v) is 5.83. The van der Waals surface area contributed by atoms with Crippen molar-refractivity contribution in [2.24, 2.45) is 0 Å². The number of hydrogen-bond donors (Lipinski definition) is 2. The van der Waals surface area contributed by atoms with Crippen molar-refractivity contribution in [3.05, 3.63) is 35.9 Å². The number of amides is 2. The number of esters is 1. The molecule has 0 aromatic heterocycles. The molecule has 2 amide bonds. The van der Waals surface area contributed by atoms with Gasteiger partial charge in [-0.05, 0) is 31.2 Å². The molecule has 0 fully saturated rings. The summed E-state index contributed by atoms with van der Waals surface area (Å²) in [5.74, 6) is -0.273. The normalized spacial score (nSPS) is 10.0. The predicted octanol–water partition coefficient (Wildman–Crippen LogP) is 2.54. The van der Waals surface area contributed by atoms with Gasteiger partial charge in [0.05, 0.1) is 7.11 Å². The second kappa shape index (κ2) is 13.7. The van der Waals surface area contributed by atoms with Crippen molar-refractivity contribution in [1.82, 2.24) is 10.6 Å². The first-order chi connectivity index (χ1) is 12.6. The quantitative estimate of drug-likeness (QED) is 0.439. The summed E-state index contributed by atoms with van der Waals surface area (Å²) in [7, 11) is 1.35. The zero-order chi connectivity index (χ0) is 19.0. The Labute approximate surface area is 154 Å². The number of ether oxygens (including phenoxy) is 2. The molecule has 0 heterocycles.